The minimum Gasteiger partial charge on any atom is -0.448 e. The summed E-state index contributed by atoms with van der Waals surface area (Å²) in [6.07, 6.45) is -0.948. The summed E-state index contributed by atoms with van der Waals surface area (Å²) in [7, 11) is 0. The van der Waals surface area contributed by atoms with Gasteiger partial charge in [-0.1, -0.05) is 34.1 Å². The monoisotopic (exact) mass is 387 g/mol. The van der Waals surface area contributed by atoms with Crippen molar-refractivity contribution in [3.05, 3.63) is 58.7 Å². The molecule has 1 heterocycles. The number of hydrogen-bond acceptors (Lipinski definition) is 4. The molecular formula is C17H14BrN3O3. The van der Waals surface area contributed by atoms with Gasteiger partial charge in [0.1, 0.15) is 0 Å². The van der Waals surface area contributed by atoms with Crippen molar-refractivity contribution in [3.8, 4) is 0 Å². The zero-order valence-electron chi connectivity index (χ0n) is 12.7. The summed E-state index contributed by atoms with van der Waals surface area (Å²) < 4.78 is 6.13. The highest BCUT2D eigenvalue weighted by Crippen LogP contribution is 2.17. The number of rotatable bonds is 4. The predicted octanol–water partition coefficient (Wildman–Crippen LogP) is 3.51. The maximum absolute atomic E-state index is 12.2. The number of H-pyrrole nitrogens is 1. The summed E-state index contributed by atoms with van der Waals surface area (Å²) in [4.78, 5) is 24.4. The van der Waals surface area contributed by atoms with E-state index in [0.29, 0.717) is 11.1 Å². The van der Waals surface area contributed by atoms with Crippen LogP contribution in [0.15, 0.2) is 53.0 Å². The molecule has 0 radical (unpaired) electrons. The molecule has 1 atom stereocenters. The van der Waals surface area contributed by atoms with E-state index in [2.05, 4.69) is 31.4 Å². The van der Waals surface area contributed by atoms with Gasteiger partial charge in [-0.05, 0) is 37.3 Å². The minimum absolute atomic E-state index is 0.161. The minimum atomic E-state index is -0.948. The number of carbonyl (C=O) groups excluding carboxylic acids is 2. The third-order valence-electron chi connectivity index (χ3n) is 3.43. The van der Waals surface area contributed by atoms with Crippen molar-refractivity contribution in [2.24, 2.45) is 0 Å². The molecule has 3 aromatic rings. The fourth-order valence-electron chi connectivity index (χ4n) is 2.17. The number of carbonyl (C=O) groups is 2. The second-order valence-electron chi connectivity index (χ2n) is 5.16. The van der Waals surface area contributed by atoms with Crippen LogP contribution in [-0.2, 0) is 9.53 Å². The van der Waals surface area contributed by atoms with Crippen LogP contribution >= 0.6 is 15.9 Å². The molecule has 0 saturated heterocycles. The number of esters is 1. The number of halogens is 1. The van der Waals surface area contributed by atoms with Gasteiger partial charge in [-0.3, -0.25) is 9.89 Å². The Bertz CT molecular complexity index is 889. The molecule has 2 aromatic carbocycles. The van der Waals surface area contributed by atoms with E-state index in [9.17, 15) is 9.59 Å². The zero-order chi connectivity index (χ0) is 17.1. The number of nitrogens with zero attached hydrogens (tertiary/aromatic N) is 1. The molecule has 7 heteroatoms. The molecule has 3 rings (SSSR count). The fourth-order valence-corrected chi connectivity index (χ4v) is 2.43. The van der Waals surface area contributed by atoms with Crippen LogP contribution in [0.2, 0.25) is 0 Å². The molecule has 6 nitrogen and oxygen atoms in total. The maximum atomic E-state index is 12.2. The van der Waals surface area contributed by atoms with Gasteiger partial charge < -0.3 is 10.1 Å². The van der Waals surface area contributed by atoms with Gasteiger partial charge in [0.25, 0.3) is 5.91 Å². The quantitative estimate of drug-likeness (QED) is 0.670. The van der Waals surface area contributed by atoms with Gasteiger partial charge in [-0.25, -0.2) is 4.79 Å². The highest BCUT2D eigenvalue weighted by Gasteiger charge is 2.22. The molecule has 1 aromatic heterocycles. The summed E-state index contributed by atoms with van der Waals surface area (Å²) in [5.74, 6) is -1.06. The number of fused-ring (bicyclic) bond motifs is 1. The summed E-state index contributed by atoms with van der Waals surface area (Å²) in [5.41, 5.74) is 1.52. The molecule has 0 aliphatic carbocycles. The summed E-state index contributed by atoms with van der Waals surface area (Å²) in [6, 6.07) is 14.3. The van der Waals surface area contributed by atoms with Gasteiger partial charge in [0.15, 0.2) is 11.8 Å². The smallest absolute Gasteiger partial charge is 0.360 e. The van der Waals surface area contributed by atoms with Crippen molar-refractivity contribution in [3.63, 3.8) is 0 Å². The van der Waals surface area contributed by atoms with Crippen molar-refractivity contribution in [1.29, 1.82) is 0 Å². The van der Waals surface area contributed by atoms with Crippen LogP contribution in [0, 0.1) is 0 Å². The van der Waals surface area contributed by atoms with Crippen LogP contribution < -0.4 is 5.32 Å². The number of benzene rings is 2. The molecule has 0 spiro atoms. The topological polar surface area (TPSA) is 84.1 Å². The molecule has 2 N–H and O–H groups in total. The SMILES string of the molecule is C[C@H](OC(=O)c1n[nH]c2ccccc12)C(=O)Nc1ccc(Br)cc1. The van der Waals surface area contributed by atoms with Crippen LogP contribution in [0.25, 0.3) is 10.9 Å². The van der Waals surface area contributed by atoms with E-state index in [0.717, 1.165) is 9.99 Å². The average molecular weight is 388 g/mol. The Morgan fingerprint density at radius 3 is 2.62 bits per heavy atom. The number of hydrogen-bond donors (Lipinski definition) is 2. The highest BCUT2D eigenvalue weighted by atomic mass is 79.9. The second-order valence-corrected chi connectivity index (χ2v) is 6.08. The third-order valence-corrected chi connectivity index (χ3v) is 3.96. The van der Waals surface area contributed by atoms with Crippen LogP contribution in [0.5, 0.6) is 0 Å². The van der Waals surface area contributed by atoms with E-state index >= 15 is 0 Å². The lowest BCUT2D eigenvalue weighted by molar-refractivity contribution is -0.123. The second kappa shape index (κ2) is 6.84. The highest BCUT2D eigenvalue weighted by molar-refractivity contribution is 9.10. The van der Waals surface area contributed by atoms with E-state index in [1.807, 2.05) is 24.3 Å². The van der Waals surface area contributed by atoms with E-state index in [-0.39, 0.29) is 5.69 Å². The normalized spacial score (nSPS) is 11.9. The number of para-hydroxylation sites is 1. The van der Waals surface area contributed by atoms with E-state index in [1.54, 1.807) is 24.3 Å². The maximum Gasteiger partial charge on any atom is 0.360 e. The number of aromatic amines is 1. The number of aromatic nitrogens is 2. The zero-order valence-corrected chi connectivity index (χ0v) is 14.3. The first kappa shape index (κ1) is 16.2. The molecule has 0 saturated carbocycles. The molecular weight excluding hydrogens is 374 g/mol. The molecule has 122 valence electrons. The molecule has 1 amide bonds. The van der Waals surface area contributed by atoms with Gasteiger partial charge in [-0.15, -0.1) is 0 Å². The van der Waals surface area contributed by atoms with Gasteiger partial charge in [0.2, 0.25) is 0 Å². The number of nitrogens with one attached hydrogen (secondary N) is 2. The number of anilines is 1. The van der Waals surface area contributed by atoms with Crippen molar-refractivity contribution in [2.75, 3.05) is 5.32 Å². The molecule has 24 heavy (non-hydrogen) atoms. The molecule has 0 aliphatic heterocycles. The molecule has 0 aliphatic rings. The van der Waals surface area contributed by atoms with Gasteiger partial charge >= 0.3 is 5.97 Å². The van der Waals surface area contributed by atoms with E-state index < -0.39 is 18.0 Å². The van der Waals surface area contributed by atoms with Crippen molar-refractivity contribution in [1.82, 2.24) is 10.2 Å². The predicted molar refractivity (Wildman–Crippen MR) is 93.7 cm³/mol. The molecule has 0 bridgehead atoms. The van der Waals surface area contributed by atoms with Crippen LogP contribution in [0.1, 0.15) is 17.4 Å². The van der Waals surface area contributed by atoms with Gasteiger partial charge in [0.05, 0.1) is 5.52 Å². The van der Waals surface area contributed by atoms with Crippen molar-refractivity contribution in [2.45, 2.75) is 13.0 Å². The Kier molecular flexibility index (Phi) is 4.61. The number of amides is 1. The lowest BCUT2D eigenvalue weighted by atomic mass is 10.2. The largest absolute Gasteiger partial charge is 0.448 e. The summed E-state index contributed by atoms with van der Waals surface area (Å²) in [5, 5.41) is 10.1. The number of ether oxygens (including phenoxy) is 1. The third kappa shape index (κ3) is 3.46. The van der Waals surface area contributed by atoms with Crippen molar-refractivity contribution < 1.29 is 14.3 Å². The Balaban J connectivity index is 1.67. The summed E-state index contributed by atoms with van der Waals surface area (Å²) in [6.45, 7) is 1.51. The lowest BCUT2D eigenvalue weighted by Gasteiger charge is -2.13. The summed E-state index contributed by atoms with van der Waals surface area (Å²) >= 11 is 3.32. The van der Waals surface area contributed by atoms with Gasteiger partial charge in [0, 0.05) is 15.5 Å². The van der Waals surface area contributed by atoms with E-state index in [4.69, 9.17) is 4.74 Å². The van der Waals surface area contributed by atoms with Crippen molar-refractivity contribution >= 4 is 44.4 Å². The lowest BCUT2D eigenvalue weighted by Crippen LogP contribution is -2.30. The standard InChI is InChI=1S/C17H14BrN3O3/c1-10(16(22)19-12-8-6-11(18)7-9-12)24-17(23)15-13-4-2-3-5-14(13)20-21-15/h2-10H,1H3,(H,19,22)(H,20,21)/t10-/m0/s1. The first-order valence-electron chi connectivity index (χ1n) is 7.25. The Labute approximate surface area is 146 Å². The fraction of sp³-hybridized carbons (Fsp3) is 0.118. The first-order valence-corrected chi connectivity index (χ1v) is 8.04. The Morgan fingerprint density at radius 2 is 1.88 bits per heavy atom. The first-order chi connectivity index (χ1) is 11.5. The average Bonchev–Trinajstić information content (AvgIpc) is 3.01. The molecule has 0 unspecified atom stereocenters. The van der Waals surface area contributed by atoms with E-state index in [1.165, 1.54) is 6.92 Å². The Hall–Kier alpha value is -2.67. The van der Waals surface area contributed by atoms with Gasteiger partial charge in [-0.2, -0.15) is 5.10 Å². The van der Waals surface area contributed by atoms with Crippen LogP contribution in [-0.4, -0.2) is 28.2 Å². The Morgan fingerprint density at radius 1 is 1.17 bits per heavy atom. The molecule has 0 fully saturated rings. The van der Waals surface area contributed by atoms with Crippen LogP contribution in [0.3, 0.4) is 0 Å². The van der Waals surface area contributed by atoms with Crippen LogP contribution in [0.4, 0.5) is 5.69 Å².